The first-order chi connectivity index (χ1) is 16.4. The summed E-state index contributed by atoms with van der Waals surface area (Å²) in [7, 11) is 1.49. The van der Waals surface area contributed by atoms with Gasteiger partial charge >= 0.3 is 5.97 Å². The second-order valence-corrected chi connectivity index (χ2v) is 7.22. The van der Waals surface area contributed by atoms with Crippen molar-refractivity contribution in [3.05, 3.63) is 95.1 Å². The van der Waals surface area contributed by atoms with Crippen LogP contribution in [-0.2, 0) is 9.53 Å². The maximum atomic E-state index is 12.7. The molecule has 34 heavy (non-hydrogen) atoms. The molecule has 0 saturated carbocycles. The van der Waals surface area contributed by atoms with Crippen LogP contribution in [0.2, 0.25) is 0 Å². The molecule has 4 rings (SSSR count). The molecule has 0 radical (unpaired) electrons. The van der Waals surface area contributed by atoms with E-state index in [-0.39, 0.29) is 27.9 Å². The van der Waals surface area contributed by atoms with Crippen molar-refractivity contribution >= 4 is 35.3 Å². The van der Waals surface area contributed by atoms with E-state index < -0.39 is 36.2 Å². The van der Waals surface area contributed by atoms with Gasteiger partial charge in [-0.1, -0.05) is 18.2 Å². The van der Waals surface area contributed by atoms with Crippen LogP contribution >= 0.6 is 0 Å². The molecule has 0 bridgehead atoms. The Labute approximate surface area is 193 Å². The monoisotopic (exact) mass is 458 g/mol. The molecule has 170 valence electrons. The number of amides is 4. The van der Waals surface area contributed by atoms with Gasteiger partial charge in [0.2, 0.25) is 0 Å². The maximum absolute atomic E-state index is 12.7. The molecule has 1 aliphatic heterocycles. The number of fused-ring (bicyclic) bond motifs is 1. The molecule has 1 heterocycles. The number of hydrogen-bond acceptors (Lipinski definition) is 7. The molecule has 0 spiro atoms. The predicted molar refractivity (Wildman–Crippen MR) is 120 cm³/mol. The average molecular weight is 458 g/mol. The van der Waals surface area contributed by atoms with E-state index in [0.717, 1.165) is 4.90 Å². The lowest BCUT2D eigenvalue weighted by Gasteiger charge is -2.14. The normalized spacial score (nSPS) is 12.2. The minimum absolute atomic E-state index is 0.0309. The van der Waals surface area contributed by atoms with Crippen LogP contribution in [0.4, 0.5) is 5.69 Å². The average Bonchev–Trinajstić information content (AvgIpc) is 3.12. The van der Waals surface area contributed by atoms with Crippen LogP contribution in [0.5, 0.6) is 5.75 Å². The summed E-state index contributed by atoms with van der Waals surface area (Å²) in [5.41, 5.74) is 1.01. The van der Waals surface area contributed by atoms with Gasteiger partial charge in [0.15, 0.2) is 6.61 Å². The molecule has 9 nitrogen and oxygen atoms in total. The van der Waals surface area contributed by atoms with Gasteiger partial charge in [0.25, 0.3) is 23.6 Å². The quantitative estimate of drug-likeness (QED) is 0.445. The van der Waals surface area contributed by atoms with E-state index in [1.54, 1.807) is 36.4 Å². The van der Waals surface area contributed by atoms with Crippen molar-refractivity contribution in [1.82, 2.24) is 5.32 Å². The van der Waals surface area contributed by atoms with Gasteiger partial charge in [-0.05, 0) is 54.6 Å². The lowest BCUT2D eigenvalue weighted by Crippen LogP contribution is -2.34. The van der Waals surface area contributed by atoms with E-state index in [2.05, 4.69) is 5.32 Å². The first-order valence-electron chi connectivity index (χ1n) is 10.1. The topological polar surface area (TPSA) is 119 Å². The summed E-state index contributed by atoms with van der Waals surface area (Å²) in [5.74, 6) is -2.77. The third-order valence-corrected chi connectivity index (χ3v) is 5.07. The molecule has 0 atom stereocenters. The second-order valence-electron chi connectivity index (χ2n) is 7.22. The summed E-state index contributed by atoms with van der Waals surface area (Å²) in [6, 6.07) is 18.3. The number of anilines is 1. The second kappa shape index (κ2) is 9.37. The first-order valence-corrected chi connectivity index (χ1v) is 10.1. The van der Waals surface area contributed by atoms with Crippen molar-refractivity contribution in [2.45, 2.75) is 0 Å². The number of methoxy groups -OCH3 is 1. The molecule has 0 unspecified atom stereocenters. The zero-order valence-electron chi connectivity index (χ0n) is 17.9. The number of nitrogens with zero attached hydrogens (tertiary/aromatic N) is 1. The zero-order chi connectivity index (χ0) is 24.2. The van der Waals surface area contributed by atoms with Crippen LogP contribution in [-0.4, -0.2) is 43.3 Å². The maximum Gasteiger partial charge on any atom is 0.338 e. The molecule has 3 aromatic carbocycles. The Hall–Kier alpha value is -4.79. The van der Waals surface area contributed by atoms with E-state index in [1.165, 1.54) is 43.5 Å². The molecule has 1 aliphatic rings. The highest BCUT2D eigenvalue weighted by Crippen LogP contribution is 2.28. The molecule has 0 aliphatic carbocycles. The summed E-state index contributed by atoms with van der Waals surface area (Å²) in [5, 5.41) is 2.12. The predicted octanol–water partition coefficient (Wildman–Crippen LogP) is 2.61. The minimum Gasteiger partial charge on any atom is -0.497 e. The number of hydrogen-bond donors (Lipinski definition) is 1. The highest BCUT2D eigenvalue weighted by Gasteiger charge is 2.36. The third-order valence-electron chi connectivity index (χ3n) is 5.07. The number of imide groups is 2. The number of carbonyl (C=O) groups is 5. The van der Waals surface area contributed by atoms with Crippen LogP contribution in [0, 0.1) is 0 Å². The van der Waals surface area contributed by atoms with E-state index in [9.17, 15) is 24.0 Å². The molecule has 4 amide bonds. The molecular weight excluding hydrogens is 440 g/mol. The summed E-state index contributed by atoms with van der Waals surface area (Å²) >= 11 is 0. The SMILES string of the molecule is COc1ccc(C(=O)NC(=O)COC(=O)c2cccc(N3C(=O)c4ccccc4C3=O)c2)cc1. The highest BCUT2D eigenvalue weighted by molar-refractivity contribution is 6.34. The lowest BCUT2D eigenvalue weighted by molar-refractivity contribution is -0.123. The zero-order valence-corrected chi connectivity index (χ0v) is 17.9. The fraction of sp³-hybridized carbons (Fsp3) is 0.0800. The van der Waals surface area contributed by atoms with Crippen LogP contribution in [0.15, 0.2) is 72.8 Å². The fourth-order valence-electron chi connectivity index (χ4n) is 3.39. The van der Waals surface area contributed by atoms with Gasteiger partial charge < -0.3 is 9.47 Å². The van der Waals surface area contributed by atoms with Crippen molar-refractivity contribution in [1.29, 1.82) is 0 Å². The molecular formula is C25H18N2O7. The largest absolute Gasteiger partial charge is 0.497 e. The van der Waals surface area contributed by atoms with E-state index in [4.69, 9.17) is 9.47 Å². The molecule has 0 aromatic heterocycles. The van der Waals surface area contributed by atoms with Gasteiger partial charge in [0.05, 0.1) is 29.5 Å². The van der Waals surface area contributed by atoms with E-state index in [1.807, 2.05) is 0 Å². The molecule has 0 saturated heterocycles. The number of ether oxygens (including phenoxy) is 2. The highest BCUT2D eigenvalue weighted by atomic mass is 16.5. The van der Waals surface area contributed by atoms with Crippen molar-refractivity contribution in [2.24, 2.45) is 0 Å². The molecule has 9 heteroatoms. The van der Waals surface area contributed by atoms with Gasteiger partial charge in [-0.3, -0.25) is 24.5 Å². The van der Waals surface area contributed by atoms with Crippen LogP contribution in [0.3, 0.4) is 0 Å². The Kier molecular flexibility index (Phi) is 6.18. The Bertz CT molecular complexity index is 1280. The van der Waals surface area contributed by atoms with Crippen LogP contribution in [0.25, 0.3) is 0 Å². The van der Waals surface area contributed by atoms with Crippen molar-refractivity contribution in [2.75, 3.05) is 18.6 Å². The number of carbonyl (C=O) groups excluding carboxylic acids is 5. The van der Waals surface area contributed by atoms with Gasteiger partial charge in [-0.25, -0.2) is 9.69 Å². The van der Waals surface area contributed by atoms with Crippen molar-refractivity contribution in [3.63, 3.8) is 0 Å². The molecule has 3 aromatic rings. The van der Waals surface area contributed by atoms with Gasteiger partial charge in [-0.2, -0.15) is 0 Å². The van der Waals surface area contributed by atoms with Crippen molar-refractivity contribution in [3.8, 4) is 5.75 Å². The fourth-order valence-corrected chi connectivity index (χ4v) is 3.39. The number of benzene rings is 3. The Morgan fingerprint density at radius 1 is 0.824 bits per heavy atom. The number of rotatable bonds is 6. The summed E-state index contributed by atoms with van der Waals surface area (Å²) in [6.45, 7) is -0.696. The van der Waals surface area contributed by atoms with Gasteiger partial charge in [0.1, 0.15) is 5.75 Å². The number of esters is 1. The van der Waals surface area contributed by atoms with Crippen molar-refractivity contribution < 1.29 is 33.4 Å². The Balaban J connectivity index is 1.38. The summed E-state index contributed by atoms with van der Waals surface area (Å²) < 4.78 is 9.99. The van der Waals surface area contributed by atoms with E-state index in [0.29, 0.717) is 5.75 Å². The summed E-state index contributed by atoms with van der Waals surface area (Å²) in [6.07, 6.45) is 0. The standard InChI is InChI=1S/C25H18N2O7/c1-33-18-11-9-15(10-12-18)22(29)26-21(28)14-34-25(32)16-5-4-6-17(13-16)27-23(30)19-7-2-3-8-20(19)24(27)31/h2-13H,14H2,1H3,(H,26,28,29). The van der Waals surface area contributed by atoms with Crippen LogP contribution < -0.4 is 15.0 Å². The lowest BCUT2D eigenvalue weighted by atomic mass is 10.1. The first kappa shape index (κ1) is 22.4. The number of nitrogens with one attached hydrogen (secondary N) is 1. The Morgan fingerprint density at radius 2 is 1.47 bits per heavy atom. The van der Waals surface area contributed by atoms with Gasteiger partial charge in [0, 0.05) is 5.56 Å². The smallest absolute Gasteiger partial charge is 0.338 e. The molecule has 0 fully saturated rings. The third kappa shape index (κ3) is 4.40. The Morgan fingerprint density at radius 3 is 2.09 bits per heavy atom. The van der Waals surface area contributed by atoms with Crippen LogP contribution in [0.1, 0.15) is 41.4 Å². The van der Waals surface area contributed by atoms with Gasteiger partial charge in [-0.15, -0.1) is 0 Å². The molecule has 1 N–H and O–H groups in total. The minimum atomic E-state index is -0.856. The summed E-state index contributed by atoms with van der Waals surface area (Å²) in [4.78, 5) is 62.9. The van der Waals surface area contributed by atoms with E-state index >= 15 is 0 Å².